The lowest BCUT2D eigenvalue weighted by molar-refractivity contribution is -0.132. The van der Waals surface area contributed by atoms with Gasteiger partial charge in [-0.2, -0.15) is 4.31 Å². The molecule has 1 atom stereocenters. The van der Waals surface area contributed by atoms with E-state index in [9.17, 15) is 18.0 Å². The highest BCUT2D eigenvalue weighted by molar-refractivity contribution is 7.99. The van der Waals surface area contributed by atoms with Gasteiger partial charge in [0.2, 0.25) is 21.8 Å². The summed E-state index contributed by atoms with van der Waals surface area (Å²) in [6.07, 6.45) is 1.48. The molecular formula is C21H31N5O4S2. The summed E-state index contributed by atoms with van der Waals surface area (Å²) in [4.78, 5) is 30.7. The first-order valence-corrected chi connectivity index (χ1v) is 13.4. The van der Waals surface area contributed by atoms with Crippen molar-refractivity contribution in [2.24, 2.45) is 11.7 Å². The number of carbonyl (C=O) groups excluding carboxylic acids is 2. The average molecular weight is 482 g/mol. The van der Waals surface area contributed by atoms with Crippen LogP contribution < -0.4 is 5.73 Å². The van der Waals surface area contributed by atoms with Crippen molar-refractivity contribution >= 4 is 44.6 Å². The summed E-state index contributed by atoms with van der Waals surface area (Å²) in [5.41, 5.74) is 6.82. The van der Waals surface area contributed by atoms with E-state index in [1.807, 2.05) is 25.3 Å². The van der Waals surface area contributed by atoms with Crippen LogP contribution >= 0.6 is 11.8 Å². The first-order chi connectivity index (χ1) is 15.2. The smallest absolute Gasteiger partial charge is 0.243 e. The fraction of sp³-hybridized carbons (Fsp3) is 0.571. The Morgan fingerprint density at radius 3 is 2.59 bits per heavy atom. The lowest BCUT2D eigenvalue weighted by Gasteiger charge is -2.31. The molecule has 3 rings (SSSR count). The monoisotopic (exact) mass is 481 g/mol. The Morgan fingerprint density at radius 1 is 1.25 bits per heavy atom. The third kappa shape index (κ3) is 4.94. The van der Waals surface area contributed by atoms with Gasteiger partial charge in [0.15, 0.2) is 5.16 Å². The Hall–Kier alpha value is -2.11. The van der Waals surface area contributed by atoms with E-state index in [4.69, 9.17) is 5.73 Å². The summed E-state index contributed by atoms with van der Waals surface area (Å²) in [7, 11) is -3.58. The molecule has 32 heavy (non-hydrogen) atoms. The van der Waals surface area contributed by atoms with E-state index in [2.05, 4.69) is 4.98 Å². The quantitative estimate of drug-likeness (QED) is 0.547. The van der Waals surface area contributed by atoms with Crippen molar-refractivity contribution in [2.45, 2.75) is 50.2 Å². The summed E-state index contributed by atoms with van der Waals surface area (Å²) in [6.45, 7) is 8.03. The zero-order valence-corrected chi connectivity index (χ0v) is 20.4. The molecule has 1 aromatic heterocycles. The van der Waals surface area contributed by atoms with E-state index in [0.29, 0.717) is 43.4 Å². The number of benzene rings is 1. The maximum atomic E-state index is 12.9. The fourth-order valence-electron chi connectivity index (χ4n) is 4.03. The zero-order valence-electron chi connectivity index (χ0n) is 18.8. The number of nitrogens with two attached hydrogens (primary N) is 1. The van der Waals surface area contributed by atoms with Crippen molar-refractivity contribution in [3.8, 4) is 0 Å². The first-order valence-electron chi connectivity index (χ1n) is 10.9. The van der Waals surface area contributed by atoms with E-state index in [-0.39, 0.29) is 28.4 Å². The minimum absolute atomic E-state index is 0.0551. The fourth-order valence-corrected chi connectivity index (χ4v) is 6.49. The van der Waals surface area contributed by atoms with Gasteiger partial charge in [0.05, 0.1) is 27.6 Å². The minimum Gasteiger partial charge on any atom is -0.369 e. The molecule has 0 bridgehead atoms. The van der Waals surface area contributed by atoms with Crippen molar-refractivity contribution in [3.63, 3.8) is 0 Å². The van der Waals surface area contributed by atoms with Crippen molar-refractivity contribution in [1.82, 2.24) is 18.8 Å². The highest BCUT2D eigenvalue weighted by Gasteiger charge is 2.27. The van der Waals surface area contributed by atoms with Gasteiger partial charge in [0.25, 0.3) is 0 Å². The largest absolute Gasteiger partial charge is 0.369 e. The van der Waals surface area contributed by atoms with E-state index < -0.39 is 10.0 Å². The van der Waals surface area contributed by atoms with Crippen molar-refractivity contribution in [3.05, 3.63) is 18.2 Å². The summed E-state index contributed by atoms with van der Waals surface area (Å²) >= 11 is 1.32. The number of amides is 2. The second-order valence-corrected chi connectivity index (χ2v) is 10.6. The lowest BCUT2D eigenvalue weighted by atomic mass is 9.97. The van der Waals surface area contributed by atoms with Gasteiger partial charge in [-0.05, 0) is 38.0 Å². The number of hydrogen-bond donors (Lipinski definition) is 1. The molecule has 11 heteroatoms. The van der Waals surface area contributed by atoms with Gasteiger partial charge < -0.3 is 15.2 Å². The number of likely N-dealkylation sites (tertiary alicyclic amines) is 1. The van der Waals surface area contributed by atoms with Crippen LogP contribution in [0.1, 0.15) is 33.6 Å². The molecule has 0 spiro atoms. The number of rotatable bonds is 9. The molecule has 1 aliphatic heterocycles. The summed E-state index contributed by atoms with van der Waals surface area (Å²) < 4.78 is 29.1. The lowest BCUT2D eigenvalue weighted by Crippen LogP contribution is -2.44. The van der Waals surface area contributed by atoms with Crippen LogP contribution in [0.3, 0.4) is 0 Å². The molecule has 0 radical (unpaired) electrons. The third-order valence-corrected chi connectivity index (χ3v) is 8.85. The van der Waals surface area contributed by atoms with Crippen LogP contribution in [0.4, 0.5) is 0 Å². The number of piperidine rings is 1. The van der Waals surface area contributed by atoms with E-state index in [1.165, 1.54) is 16.1 Å². The van der Waals surface area contributed by atoms with Crippen LogP contribution in [-0.4, -0.2) is 70.9 Å². The third-order valence-electron chi connectivity index (χ3n) is 5.85. The Labute approximate surface area is 193 Å². The Morgan fingerprint density at radius 2 is 1.97 bits per heavy atom. The molecule has 1 fully saturated rings. The standard InChI is InChI=1S/C21H31N5O4S2/c1-4-25(5-2)32(29,30)16-9-10-18-17(12-16)23-21(26(18)6-3)31-14-19(27)24-11-7-8-15(13-24)20(22)28/h9-10,12,15H,4-8,11,13-14H2,1-3H3,(H2,22,28). The topological polar surface area (TPSA) is 119 Å². The zero-order chi connectivity index (χ0) is 23.5. The number of thioether (sulfide) groups is 1. The van der Waals surface area contributed by atoms with Crippen LogP contribution in [-0.2, 0) is 26.2 Å². The number of hydrogen-bond acceptors (Lipinski definition) is 6. The second-order valence-electron chi connectivity index (χ2n) is 7.75. The predicted molar refractivity (Wildman–Crippen MR) is 125 cm³/mol. The van der Waals surface area contributed by atoms with Crippen molar-refractivity contribution < 1.29 is 18.0 Å². The van der Waals surface area contributed by atoms with E-state index >= 15 is 0 Å². The highest BCUT2D eigenvalue weighted by Crippen LogP contribution is 2.28. The number of aryl methyl sites for hydroxylation is 1. The molecule has 0 aliphatic carbocycles. The van der Waals surface area contributed by atoms with Gasteiger partial charge in [0, 0.05) is 32.7 Å². The van der Waals surface area contributed by atoms with Crippen molar-refractivity contribution in [2.75, 3.05) is 31.9 Å². The maximum Gasteiger partial charge on any atom is 0.243 e. The molecule has 2 heterocycles. The molecule has 1 aliphatic rings. The average Bonchev–Trinajstić information content (AvgIpc) is 3.14. The Kier molecular flexibility index (Phi) is 7.84. The van der Waals surface area contributed by atoms with E-state index in [0.717, 1.165) is 18.4 Å². The number of aromatic nitrogens is 2. The van der Waals surface area contributed by atoms with Gasteiger partial charge in [-0.1, -0.05) is 25.6 Å². The SMILES string of the molecule is CCN(CC)S(=O)(=O)c1ccc2c(c1)nc(SCC(=O)N1CCCC(C(N)=O)C1)n2CC. The maximum absolute atomic E-state index is 12.9. The molecule has 176 valence electrons. The molecule has 9 nitrogen and oxygen atoms in total. The summed E-state index contributed by atoms with van der Waals surface area (Å²) in [5.74, 6) is -0.512. The van der Waals surface area contributed by atoms with Crippen LogP contribution in [0.5, 0.6) is 0 Å². The van der Waals surface area contributed by atoms with Crippen LogP contribution in [0.15, 0.2) is 28.3 Å². The number of nitrogens with zero attached hydrogens (tertiary/aromatic N) is 4. The molecule has 2 N–H and O–H groups in total. The van der Waals surface area contributed by atoms with Gasteiger partial charge >= 0.3 is 0 Å². The number of imidazole rings is 1. The number of primary amides is 1. The molecule has 0 saturated carbocycles. The number of fused-ring (bicyclic) bond motifs is 1. The normalized spacial score (nSPS) is 17.2. The van der Waals surface area contributed by atoms with Gasteiger partial charge in [-0.15, -0.1) is 0 Å². The summed E-state index contributed by atoms with van der Waals surface area (Å²) in [5, 5.41) is 0.664. The first kappa shape index (κ1) is 24.5. The molecule has 2 aromatic rings. The summed E-state index contributed by atoms with van der Waals surface area (Å²) in [6, 6.07) is 4.99. The molecule has 1 aromatic carbocycles. The Bertz CT molecular complexity index is 1100. The van der Waals surface area contributed by atoms with E-state index in [1.54, 1.807) is 23.1 Å². The van der Waals surface area contributed by atoms with Gasteiger partial charge in [-0.3, -0.25) is 9.59 Å². The van der Waals surface area contributed by atoms with Gasteiger partial charge in [0.1, 0.15) is 0 Å². The number of sulfonamides is 1. The van der Waals surface area contributed by atoms with Crippen LogP contribution in [0.25, 0.3) is 11.0 Å². The second kappa shape index (κ2) is 10.2. The van der Waals surface area contributed by atoms with Crippen molar-refractivity contribution in [1.29, 1.82) is 0 Å². The number of carbonyl (C=O) groups is 2. The van der Waals surface area contributed by atoms with Crippen LogP contribution in [0, 0.1) is 5.92 Å². The Balaban J connectivity index is 1.80. The molecule has 1 unspecified atom stereocenters. The minimum atomic E-state index is -3.58. The molecule has 2 amide bonds. The molecular weight excluding hydrogens is 450 g/mol. The van der Waals surface area contributed by atoms with Gasteiger partial charge in [-0.25, -0.2) is 13.4 Å². The predicted octanol–water partition coefficient (Wildman–Crippen LogP) is 1.90. The van der Waals surface area contributed by atoms with Crippen LogP contribution in [0.2, 0.25) is 0 Å². The highest BCUT2D eigenvalue weighted by atomic mass is 32.2. The molecule has 1 saturated heterocycles.